The van der Waals surface area contributed by atoms with Crippen LogP contribution in [0.15, 0.2) is 12.3 Å². The van der Waals surface area contributed by atoms with E-state index in [2.05, 4.69) is 10.2 Å². The van der Waals surface area contributed by atoms with Gasteiger partial charge in [-0.25, -0.2) is 0 Å². The molecule has 2 rings (SSSR count). The molecule has 0 radical (unpaired) electrons. The van der Waals surface area contributed by atoms with Gasteiger partial charge in [0, 0.05) is 17.9 Å². The maximum atomic E-state index is 11.8. The van der Waals surface area contributed by atoms with Crippen molar-refractivity contribution in [3.05, 3.63) is 28.4 Å². The van der Waals surface area contributed by atoms with Crippen LogP contribution in [-0.4, -0.2) is 34.7 Å². The first-order chi connectivity index (χ1) is 12.4. The molecule has 26 heavy (non-hydrogen) atoms. The molecule has 0 bridgehead atoms. The summed E-state index contributed by atoms with van der Waals surface area (Å²) in [5.41, 5.74) is 1.84. The van der Waals surface area contributed by atoms with Gasteiger partial charge in [0.1, 0.15) is 13.2 Å². The Morgan fingerprint density at radius 2 is 1.81 bits per heavy atom. The molecule has 0 amide bonds. The van der Waals surface area contributed by atoms with E-state index in [4.69, 9.17) is 25.8 Å². The number of ether oxygens (including phenoxy) is 3. The van der Waals surface area contributed by atoms with E-state index in [-0.39, 0.29) is 32.7 Å². The number of aromatic nitrogens is 2. The number of hydrogen-bond acceptors (Lipinski definition) is 7. The number of carbonyl (C=O) groups excluding carboxylic acids is 3. The molecule has 2 aromatic rings. The molecular weight excluding hydrogens is 364 g/mol. The van der Waals surface area contributed by atoms with Crippen molar-refractivity contribution in [3.8, 4) is 0 Å². The lowest BCUT2D eigenvalue weighted by molar-refractivity contribution is -0.150. The lowest BCUT2D eigenvalue weighted by Crippen LogP contribution is -2.11. The lowest BCUT2D eigenvalue weighted by atomic mass is 10.0. The Morgan fingerprint density at radius 1 is 1.12 bits per heavy atom. The van der Waals surface area contributed by atoms with Gasteiger partial charge in [-0.1, -0.05) is 11.6 Å². The second-order valence-electron chi connectivity index (χ2n) is 5.40. The Hall–Kier alpha value is -2.61. The van der Waals surface area contributed by atoms with Gasteiger partial charge in [0.05, 0.1) is 36.2 Å². The van der Waals surface area contributed by atoms with Crippen LogP contribution in [0.3, 0.4) is 0 Å². The topological polar surface area (TPSA) is 108 Å². The quantitative estimate of drug-likeness (QED) is 0.552. The molecule has 9 heteroatoms. The summed E-state index contributed by atoms with van der Waals surface area (Å²) in [4.78, 5) is 34.3. The molecule has 1 aromatic carbocycles. The maximum absolute atomic E-state index is 11.8. The zero-order valence-electron chi connectivity index (χ0n) is 14.5. The number of nitrogens with zero attached hydrogens (tertiary/aromatic N) is 1. The van der Waals surface area contributed by atoms with E-state index in [1.54, 1.807) is 19.2 Å². The summed E-state index contributed by atoms with van der Waals surface area (Å²) < 4.78 is 15.0. The fraction of sp³-hybridized carbons (Fsp3) is 0.412. The van der Waals surface area contributed by atoms with Gasteiger partial charge in [-0.05, 0) is 18.6 Å². The van der Waals surface area contributed by atoms with E-state index in [9.17, 15) is 14.4 Å². The molecule has 1 N–H and O–H groups in total. The number of halogens is 1. The third kappa shape index (κ3) is 5.19. The number of nitrogens with one attached hydrogen (secondary N) is 1. The number of benzene rings is 1. The molecule has 0 unspecified atom stereocenters. The van der Waals surface area contributed by atoms with E-state index in [0.29, 0.717) is 27.1 Å². The van der Waals surface area contributed by atoms with Crippen molar-refractivity contribution >= 4 is 40.4 Å². The van der Waals surface area contributed by atoms with Crippen molar-refractivity contribution in [1.29, 1.82) is 0 Å². The van der Waals surface area contributed by atoms with Gasteiger partial charge in [-0.3, -0.25) is 19.5 Å². The van der Waals surface area contributed by atoms with Crippen LogP contribution >= 0.6 is 11.6 Å². The van der Waals surface area contributed by atoms with Crippen LogP contribution in [0.1, 0.15) is 37.8 Å². The fourth-order valence-corrected chi connectivity index (χ4v) is 2.60. The summed E-state index contributed by atoms with van der Waals surface area (Å²) in [6.07, 6.45) is 1.43. The van der Waals surface area contributed by atoms with Gasteiger partial charge < -0.3 is 14.2 Å². The highest BCUT2D eigenvalue weighted by Gasteiger charge is 2.16. The number of fused-ring (bicyclic) bond motifs is 1. The van der Waals surface area contributed by atoms with Crippen LogP contribution in [0.25, 0.3) is 10.9 Å². The van der Waals surface area contributed by atoms with Crippen molar-refractivity contribution < 1.29 is 28.6 Å². The molecule has 0 aliphatic heterocycles. The second-order valence-corrected chi connectivity index (χ2v) is 5.81. The average molecular weight is 383 g/mol. The molecule has 140 valence electrons. The van der Waals surface area contributed by atoms with Crippen molar-refractivity contribution in [3.63, 3.8) is 0 Å². The van der Waals surface area contributed by atoms with Crippen LogP contribution in [0.5, 0.6) is 0 Å². The molecule has 8 nitrogen and oxygen atoms in total. The van der Waals surface area contributed by atoms with E-state index in [0.717, 1.165) is 0 Å². The maximum Gasteiger partial charge on any atom is 0.306 e. The number of carbonyl (C=O) groups is 3. The van der Waals surface area contributed by atoms with E-state index in [1.165, 1.54) is 6.92 Å². The summed E-state index contributed by atoms with van der Waals surface area (Å²) in [6.45, 7) is 3.18. The number of H-pyrrole nitrogens is 1. The molecule has 0 spiro atoms. The highest BCUT2D eigenvalue weighted by Crippen LogP contribution is 2.29. The van der Waals surface area contributed by atoms with Crippen molar-refractivity contribution in [2.45, 2.75) is 39.9 Å². The predicted molar refractivity (Wildman–Crippen MR) is 92.2 cm³/mol. The molecule has 0 aliphatic rings. The highest BCUT2D eigenvalue weighted by molar-refractivity contribution is 6.35. The van der Waals surface area contributed by atoms with Crippen LogP contribution in [-0.2, 0) is 41.8 Å². The fourth-order valence-electron chi connectivity index (χ4n) is 2.32. The van der Waals surface area contributed by atoms with Gasteiger partial charge in [-0.2, -0.15) is 5.10 Å². The number of aromatic amines is 1. The number of esters is 3. The van der Waals surface area contributed by atoms with E-state index >= 15 is 0 Å². The lowest BCUT2D eigenvalue weighted by Gasteiger charge is -2.12. The Balaban J connectivity index is 2.10. The van der Waals surface area contributed by atoms with Crippen LogP contribution in [0.4, 0.5) is 0 Å². The van der Waals surface area contributed by atoms with Crippen molar-refractivity contribution in [1.82, 2.24) is 10.2 Å². The molecule has 0 saturated carbocycles. The molecule has 1 aromatic heterocycles. The second kappa shape index (κ2) is 9.19. The summed E-state index contributed by atoms with van der Waals surface area (Å²) in [6, 6.07) is 1.62. The first-order valence-electron chi connectivity index (χ1n) is 8.00. The first-order valence-corrected chi connectivity index (χ1v) is 8.38. The zero-order valence-corrected chi connectivity index (χ0v) is 15.2. The Kier molecular flexibility index (Phi) is 6.97. The number of rotatable bonds is 8. The van der Waals surface area contributed by atoms with E-state index in [1.807, 2.05) is 0 Å². The molecule has 0 fully saturated rings. The monoisotopic (exact) mass is 382 g/mol. The molecule has 0 aliphatic carbocycles. The number of hydrogen-bond donors (Lipinski definition) is 1. The van der Waals surface area contributed by atoms with Crippen molar-refractivity contribution in [2.24, 2.45) is 0 Å². The van der Waals surface area contributed by atoms with Gasteiger partial charge >= 0.3 is 17.9 Å². The molecule has 0 atom stereocenters. The highest BCUT2D eigenvalue weighted by atomic mass is 35.5. The Morgan fingerprint density at radius 3 is 2.46 bits per heavy atom. The normalized spacial score (nSPS) is 10.6. The smallest absolute Gasteiger partial charge is 0.306 e. The van der Waals surface area contributed by atoms with E-state index < -0.39 is 17.9 Å². The third-order valence-electron chi connectivity index (χ3n) is 3.54. The van der Waals surface area contributed by atoms with Gasteiger partial charge in [-0.15, -0.1) is 0 Å². The van der Waals surface area contributed by atoms with Crippen molar-refractivity contribution in [2.75, 3.05) is 6.61 Å². The molecule has 1 heterocycles. The van der Waals surface area contributed by atoms with Gasteiger partial charge in [0.15, 0.2) is 0 Å². The summed E-state index contributed by atoms with van der Waals surface area (Å²) >= 11 is 6.21. The predicted octanol–water partition coefficient (Wildman–Crippen LogP) is 2.67. The minimum Gasteiger partial charge on any atom is -0.466 e. The summed E-state index contributed by atoms with van der Waals surface area (Å²) in [5.74, 6) is -1.43. The first kappa shape index (κ1) is 19.7. The summed E-state index contributed by atoms with van der Waals surface area (Å²) in [7, 11) is 0. The summed E-state index contributed by atoms with van der Waals surface area (Å²) in [5, 5.41) is 7.80. The van der Waals surface area contributed by atoms with Gasteiger partial charge in [0.2, 0.25) is 0 Å². The molecular formula is C17H19ClN2O6. The molecule has 0 saturated heterocycles. The van der Waals surface area contributed by atoms with Gasteiger partial charge in [0.25, 0.3) is 0 Å². The average Bonchev–Trinajstić information content (AvgIpc) is 3.08. The zero-order chi connectivity index (χ0) is 19.1. The minimum atomic E-state index is -0.542. The van der Waals surface area contributed by atoms with Crippen LogP contribution < -0.4 is 0 Å². The largest absolute Gasteiger partial charge is 0.466 e. The van der Waals surface area contributed by atoms with Crippen LogP contribution in [0, 0.1) is 0 Å². The van der Waals surface area contributed by atoms with Crippen LogP contribution in [0.2, 0.25) is 5.02 Å². The Bertz CT molecular complexity index is 817. The Labute approximate surface area is 154 Å². The standard InChI is InChI=1S/C17H19ClN2O6/c1-3-24-15(22)4-5-16(23)26-8-11-6-14(18)17-12(7-19-20-17)13(11)9-25-10(2)21/h6-7H,3-5,8-9H2,1-2H3,(H,19,20). The SMILES string of the molecule is CCOC(=O)CCC(=O)OCc1cc(Cl)c2[nH]ncc2c1COC(C)=O. The minimum absolute atomic E-state index is 0.00174. The third-order valence-corrected chi connectivity index (χ3v) is 3.84.